The second-order valence-electron chi connectivity index (χ2n) is 6.53. The third-order valence-corrected chi connectivity index (χ3v) is 4.91. The van der Waals surface area contributed by atoms with Gasteiger partial charge in [-0.2, -0.15) is 10.2 Å². The van der Waals surface area contributed by atoms with Gasteiger partial charge in [0.25, 0.3) is 0 Å². The summed E-state index contributed by atoms with van der Waals surface area (Å²) in [7, 11) is -3.87. The van der Waals surface area contributed by atoms with Gasteiger partial charge in [0.2, 0.25) is 16.0 Å². The topological polar surface area (TPSA) is 143 Å². The molecule has 9 nitrogen and oxygen atoms in total. The number of halogens is 1. The molecule has 1 atom stereocenters. The Balaban J connectivity index is 1.74. The van der Waals surface area contributed by atoms with Gasteiger partial charge in [0, 0.05) is 11.4 Å². The van der Waals surface area contributed by atoms with E-state index in [9.17, 15) is 12.8 Å². The van der Waals surface area contributed by atoms with Gasteiger partial charge in [-0.25, -0.2) is 22.9 Å². The Morgan fingerprint density at radius 1 is 1.19 bits per heavy atom. The number of primary sulfonamides is 1. The molecular formula is C20H19FN6O3S. The first-order valence-electron chi connectivity index (χ1n) is 9.08. The minimum Gasteiger partial charge on any atom is -0.490 e. The molecule has 0 radical (unpaired) electrons. The Bertz CT molecular complexity index is 1210. The molecule has 0 spiro atoms. The third-order valence-electron chi connectivity index (χ3n) is 4.00. The van der Waals surface area contributed by atoms with E-state index in [2.05, 4.69) is 20.6 Å². The van der Waals surface area contributed by atoms with Gasteiger partial charge >= 0.3 is 0 Å². The van der Waals surface area contributed by atoms with Crippen molar-refractivity contribution in [2.45, 2.75) is 24.3 Å². The maximum Gasteiger partial charge on any atom is 0.238 e. The van der Waals surface area contributed by atoms with E-state index in [0.29, 0.717) is 17.1 Å². The highest BCUT2D eigenvalue weighted by Gasteiger charge is 2.11. The lowest BCUT2D eigenvalue weighted by Gasteiger charge is -2.13. The second kappa shape index (κ2) is 9.38. The first kappa shape index (κ1) is 21.9. The summed E-state index contributed by atoms with van der Waals surface area (Å²) in [5, 5.41) is 19.5. The molecule has 2 aromatic carbocycles. The van der Waals surface area contributed by atoms with Gasteiger partial charge in [0.1, 0.15) is 11.9 Å². The van der Waals surface area contributed by atoms with Gasteiger partial charge in [-0.05, 0) is 49.4 Å². The summed E-state index contributed by atoms with van der Waals surface area (Å²) < 4.78 is 42.8. The van der Waals surface area contributed by atoms with Crippen LogP contribution < -0.4 is 20.5 Å². The molecule has 0 aliphatic rings. The lowest BCUT2D eigenvalue weighted by atomic mass is 10.2. The minimum atomic E-state index is -3.87. The van der Waals surface area contributed by atoms with Crippen LogP contribution in [0.4, 0.5) is 27.5 Å². The van der Waals surface area contributed by atoms with Crippen molar-refractivity contribution >= 4 is 33.2 Å². The Morgan fingerprint density at radius 3 is 2.61 bits per heavy atom. The highest BCUT2D eigenvalue weighted by Crippen LogP contribution is 2.23. The molecule has 0 amide bonds. The van der Waals surface area contributed by atoms with E-state index < -0.39 is 15.8 Å². The molecule has 0 aliphatic heterocycles. The number of aromatic nitrogens is 2. The maximum atomic E-state index is 14.2. The highest BCUT2D eigenvalue weighted by molar-refractivity contribution is 7.89. The third kappa shape index (κ3) is 6.11. The Morgan fingerprint density at radius 2 is 1.94 bits per heavy atom. The van der Waals surface area contributed by atoms with Crippen LogP contribution in [-0.2, 0) is 10.0 Å². The van der Waals surface area contributed by atoms with Gasteiger partial charge in [-0.1, -0.05) is 6.07 Å². The van der Waals surface area contributed by atoms with E-state index in [1.54, 1.807) is 37.3 Å². The molecule has 1 aromatic heterocycles. The van der Waals surface area contributed by atoms with Crippen LogP contribution in [0.15, 0.2) is 59.6 Å². The average Bonchev–Trinajstić information content (AvgIpc) is 2.72. The summed E-state index contributed by atoms with van der Waals surface area (Å²) in [5.41, 5.74) is 0.928. The van der Waals surface area contributed by atoms with E-state index >= 15 is 0 Å². The van der Waals surface area contributed by atoms with Crippen LogP contribution in [0, 0.1) is 17.1 Å². The van der Waals surface area contributed by atoms with Crippen molar-refractivity contribution in [1.82, 2.24) is 9.97 Å². The Kier molecular flexibility index (Phi) is 6.64. The van der Waals surface area contributed by atoms with Gasteiger partial charge in [-0.3, -0.25) is 0 Å². The Hall–Kier alpha value is -3.75. The first-order chi connectivity index (χ1) is 14.7. The smallest absolute Gasteiger partial charge is 0.238 e. The molecule has 0 saturated carbocycles. The van der Waals surface area contributed by atoms with Crippen molar-refractivity contribution in [3.63, 3.8) is 0 Å². The summed E-state index contributed by atoms with van der Waals surface area (Å²) in [4.78, 5) is 7.88. The molecule has 0 fully saturated rings. The number of hydrogen-bond acceptors (Lipinski definition) is 8. The van der Waals surface area contributed by atoms with E-state index in [4.69, 9.17) is 15.1 Å². The van der Waals surface area contributed by atoms with Crippen molar-refractivity contribution < 1.29 is 17.5 Å². The fourth-order valence-electron chi connectivity index (χ4n) is 2.55. The first-order valence-corrected chi connectivity index (χ1v) is 10.6. The van der Waals surface area contributed by atoms with Crippen LogP contribution in [0.5, 0.6) is 5.75 Å². The normalized spacial score (nSPS) is 11.9. The number of rotatable bonds is 8. The molecule has 31 heavy (non-hydrogen) atoms. The summed E-state index contributed by atoms with van der Waals surface area (Å²) >= 11 is 0. The fourth-order valence-corrected chi connectivity index (χ4v) is 3.11. The monoisotopic (exact) mass is 442 g/mol. The molecule has 0 aliphatic carbocycles. The van der Waals surface area contributed by atoms with Crippen molar-refractivity contribution in [1.29, 1.82) is 5.26 Å². The number of nitrogens with one attached hydrogen (secondary N) is 2. The van der Waals surface area contributed by atoms with Crippen molar-refractivity contribution in [2.75, 3.05) is 10.6 Å². The van der Waals surface area contributed by atoms with Gasteiger partial charge in [-0.15, -0.1) is 0 Å². The minimum absolute atomic E-state index is 0.0563. The van der Waals surface area contributed by atoms with Crippen molar-refractivity contribution in [2.24, 2.45) is 5.14 Å². The molecule has 0 bridgehead atoms. The van der Waals surface area contributed by atoms with Crippen molar-refractivity contribution in [3.8, 4) is 11.8 Å². The number of benzene rings is 2. The number of nitriles is 1. The number of anilines is 4. The van der Waals surface area contributed by atoms with Gasteiger partial charge < -0.3 is 15.4 Å². The average molecular weight is 442 g/mol. The van der Waals surface area contributed by atoms with Crippen LogP contribution in [0.2, 0.25) is 0 Å². The quantitative estimate of drug-likeness (QED) is 0.481. The lowest BCUT2D eigenvalue weighted by molar-refractivity contribution is 0.227. The Labute approximate surface area is 178 Å². The summed E-state index contributed by atoms with van der Waals surface area (Å²) in [5.74, 6) is -0.118. The molecule has 1 heterocycles. The summed E-state index contributed by atoms with van der Waals surface area (Å²) in [6.45, 7) is 1.79. The predicted octanol–water partition coefficient (Wildman–Crippen LogP) is 3.43. The number of ether oxygens (including phenoxy) is 1. The van der Waals surface area contributed by atoms with Crippen LogP contribution in [0.25, 0.3) is 0 Å². The van der Waals surface area contributed by atoms with Gasteiger partial charge in [0.15, 0.2) is 11.6 Å². The van der Waals surface area contributed by atoms with E-state index in [0.717, 1.165) is 6.20 Å². The molecule has 3 aromatic rings. The number of nitrogens with zero attached hydrogens (tertiary/aromatic N) is 3. The predicted molar refractivity (Wildman–Crippen MR) is 113 cm³/mol. The van der Waals surface area contributed by atoms with E-state index in [1.165, 1.54) is 18.2 Å². The largest absolute Gasteiger partial charge is 0.490 e. The molecule has 3 rings (SSSR count). The van der Waals surface area contributed by atoms with Crippen molar-refractivity contribution in [3.05, 3.63) is 60.5 Å². The zero-order valence-electron chi connectivity index (χ0n) is 16.4. The molecule has 11 heteroatoms. The molecular weight excluding hydrogens is 423 g/mol. The lowest BCUT2D eigenvalue weighted by Crippen LogP contribution is -2.12. The SMILES string of the molecule is CC(CC#N)Oc1ccc(Nc2nc(Nc3cccc(S(N)(=O)=O)c3)ncc2F)cc1. The maximum absolute atomic E-state index is 14.2. The molecule has 160 valence electrons. The van der Waals surface area contributed by atoms with Gasteiger partial charge in [0.05, 0.1) is 23.6 Å². The molecule has 0 saturated heterocycles. The number of nitrogens with two attached hydrogens (primary N) is 1. The second-order valence-corrected chi connectivity index (χ2v) is 8.09. The van der Waals surface area contributed by atoms with E-state index in [-0.39, 0.29) is 29.2 Å². The summed E-state index contributed by atoms with van der Waals surface area (Å²) in [6.07, 6.45) is 1.01. The van der Waals surface area contributed by atoms with Crippen LogP contribution in [-0.4, -0.2) is 24.5 Å². The summed E-state index contributed by atoms with van der Waals surface area (Å²) in [6, 6.07) is 14.5. The van der Waals surface area contributed by atoms with Crippen LogP contribution in [0.1, 0.15) is 13.3 Å². The highest BCUT2D eigenvalue weighted by atomic mass is 32.2. The fraction of sp³-hybridized carbons (Fsp3) is 0.150. The van der Waals surface area contributed by atoms with E-state index in [1.807, 2.05) is 6.07 Å². The number of hydrogen-bond donors (Lipinski definition) is 3. The van der Waals surface area contributed by atoms with Crippen LogP contribution >= 0.6 is 0 Å². The standard InChI is InChI=1S/C20H19FN6O3S/c1-13(9-10-22)30-16-7-5-14(6-8-16)25-19-18(21)12-24-20(27-19)26-15-3-2-4-17(11-15)31(23,28)29/h2-8,11-13H,9H2,1H3,(H2,23,28,29)(H2,24,25,26,27). The molecule has 1 unspecified atom stereocenters. The molecule has 4 N–H and O–H groups in total. The number of sulfonamides is 1. The zero-order chi connectivity index (χ0) is 22.4. The zero-order valence-corrected chi connectivity index (χ0v) is 17.2. The van der Waals surface area contributed by atoms with Crippen LogP contribution in [0.3, 0.4) is 0 Å².